The Hall–Kier alpha value is -2.95. The van der Waals surface area contributed by atoms with E-state index in [1.807, 2.05) is 0 Å². The minimum absolute atomic E-state index is 0.104. The van der Waals surface area contributed by atoms with Gasteiger partial charge in [0.2, 0.25) is 5.91 Å². The Labute approximate surface area is 120 Å². The SMILES string of the molecule is CC(=O)Nc1ccc2c(c1)C(=O)c1cccc(C(=O)O)c1-2. The van der Waals surface area contributed by atoms with Crippen molar-refractivity contribution in [2.45, 2.75) is 6.92 Å². The van der Waals surface area contributed by atoms with Crippen molar-refractivity contribution in [2.24, 2.45) is 0 Å². The highest BCUT2D eigenvalue weighted by molar-refractivity contribution is 6.24. The van der Waals surface area contributed by atoms with Crippen LogP contribution in [0.5, 0.6) is 0 Å². The molecular formula is C16H11NO4. The quantitative estimate of drug-likeness (QED) is 0.756. The molecule has 0 unspecified atom stereocenters. The molecule has 1 amide bonds. The molecule has 0 heterocycles. The van der Waals surface area contributed by atoms with Crippen LogP contribution in [0, 0.1) is 0 Å². The largest absolute Gasteiger partial charge is 0.478 e. The smallest absolute Gasteiger partial charge is 0.336 e. The Balaban J connectivity index is 2.21. The summed E-state index contributed by atoms with van der Waals surface area (Å²) in [5.74, 6) is -1.53. The lowest BCUT2D eigenvalue weighted by Crippen LogP contribution is -2.06. The molecule has 0 bridgehead atoms. The third kappa shape index (κ3) is 1.99. The summed E-state index contributed by atoms with van der Waals surface area (Å²) in [4.78, 5) is 34.8. The Morgan fingerprint density at radius 1 is 1.05 bits per heavy atom. The number of carboxylic acid groups (broad SMARTS) is 1. The molecule has 1 aliphatic rings. The van der Waals surface area contributed by atoms with Crippen LogP contribution in [0.1, 0.15) is 33.2 Å². The number of amides is 1. The van der Waals surface area contributed by atoms with Gasteiger partial charge in [-0.05, 0) is 23.8 Å². The normalized spacial score (nSPS) is 11.8. The zero-order valence-electron chi connectivity index (χ0n) is 11.1. The van der Waals surface area contributed by atoms with Crippen molar-refractivity contribution >= 4 is 23.3 Å². The van der Waals surface area contributed by atoms with E-state index in [2.05, 4.69) is 5.32 Å². The molecule has 2 aromatic rings. The van der Waals surface area contributed by atoms with Gasteiger partial charge in [0.25, 0.3) is 0 Å². The van der Waals surface area contributed by atoms with Gasteiger partial charge >= 0.3 is 5.97 Å². The van der Waals surface area contributed by atoms with Gasteiger partial charge in [-0.2, -0.15) is 0 Å². The lowest BCUT2D eigenvalue weighted by atomic mass is 9.99. The molecule has 0 saturated heterocycles. The first-order chi connectivity index (χ1) is 9.99. The molecule has 0 radical (unpaired) electrons. The number of aromatic carboxylic acids is 1. The summed E-state index contributed by atoms with van der Waals surface area (Å²) in [6.07, 6.45) is 0. The first kappa shape index (κ1) is 13.1. The summed E-state index contributed by atoms with van der Waals surface area (Å²) in [5, 5.41) is 11.9. The van der Waals surface area contributed by atoms with Crippen LogP contribution in [0.2, 0.25) is 0 Å². The Morgan fingerprint density at radius 2 is 1.81 bits per heavy atom. The molecule has 2 N–H and O–H groups in total. The predicted molar refractivity (Wildman–Crippen MR) is 76.6 cm³/mol. The average Bonchev–Trinajstić information content (AvgIpc) is 2.71. The van der Waals surface area contributed by atoms with E-state index in [1.165, 1.54) is 13.0 Å². The summed E-state index contributed by atoms with van der Waals surface area (Å²) in [6, 6.07) is 9.54. The number of anilines is 1. The predicted octanol–water partition coefficient (Wildman–Crippen LogP) is 2.55. The van der Waals surface area contributed by atoms with E-state index < -0.39 is 5.97 Å². The van der Waals surface area contributed by atoms with E-state index in [0.717, 1.165) is 0 Å². The molecule has 0 aromatic heterocycles. The van der Waals surface area contributed by atoms with E-state index >= 15 is 0 Å². The maximum Gasteiger partial charge on any atom is 0.336 e. The fraction of sp³-hybridized carbons (Fsp3) is 0.0625. The molecule has 0 atom stereocenters. The fourth-order valence-corrected chi connectivity index (χ4v) is 2.59. The molecule has 1 aliphatic carbocycles. The van der Waals surface area contributed by atoms with Crippen molar-refractivity contribution in [3.63, 3.8) is 0 Å². The van der Waals surface area contributed by atoms with Crippen LogP contribution < -0.4 is 5.32 Å². The molecule has 0 spiro atoms. The van der Waals surface area contributed by atoms with E-state index in [1.54, 1.807) is 30.3 Å². The van der Waals surface area contributed by atoms with Crippen molar-refractivity contribution in [3.8, 4) is 11.1 Å². The second-order valence-corrected chi connectivity index (χ2v) is 4.80. The van der Waals surface area contributed by atoms with Gasteiger partial charge in [0, 0.05) is 29.3 Å². The van der Waals surface area contributed by atoms with Crippen molar-refractivity contribution in [1.29, 1.82) is 0 Å². The van der Waals surface area contributed by atoms with Gasteiger partial charge in [-0.1, -0.05) is 18.2 Å². The van der Waals surface area contributed by atoms with Crippen LogP contribution in [0.3, 0.4) is 0 Å². The molecule has 5 nitrogen and oxygen atoms in total. The first-order valence-electron chi connectivity index (χ1n) is 6.32. The van der Waals surface area contributed by atoms with Gasteiger partial charge in [-0.25, -0.2) is 4.79 Å². The van der Waals surface area contributed by atoms with Crippen LogP contribution in [0.4, 0.5) is 5.69 Å². The molecule has 2 aromatic carbocycles. The van der Waals surface area contributed by atoms with E-state index in [4.69, 9.17) is 0 Å². The van der Waals surface area contributed by atoms with Crippen LogP contribution in [0.25, 0.3) is 11.1 Å². The van der Waals surface area contributed by atoms with Crippen LogP contribution >= 0.6 is 0 Å². The van der Waals surface area contributed by atoms with Crippen LogP contribution in [-0.4, -0.2) is 22.8 Å². The molecule has 5 heteroatoms. The van der Waals surface area contributed by atoms with Crippen molar-refractivity contribution in [3.05, 3.63) is 53.1 Å². The van der Waals surface area contributed by atoms with Crippen molar-refractivity contribution < 1.29 is 19.5 Å². The molecule has 3 rings (SSSR count). The average molecular weight is 281 g/mol. The summed E-state index contributed by atoms with van der Waals surface area (Å²) in [7, 11) is 0. The van der Waals surface area contributed by atoms with Gasteiger partial charge in [-0.15, -0.1) is 0 Å². The standard InChI is InChI=1S/C16H11NO4/c1-8(18)17-9-5-6-10-13(7-9)15(19)11-3-2-4-12(14(10)11)16(20)21/h2-7H,1H3,(H,17,18)(H,20,21). The monoisotopic (exact) mass is 281 g/mol. The number of rotatable bonds is 2. The summed E-state index contributed by atoms with van der Waals surface area (Å²) in [6.45, 7) is 1.38. The zero-order valence-corrected chi connectivity index (χ0v) is 11.1. The van der Waals surface area contributed by atoms with E-state index in [9.17, 15) is 19.5 Å². The van der Waals surface area contributed by atoms with Gasteiger partial charge in [-0.3, -0.25) is 9.59 Å². The number of carbonyl (C=O) groups is 3. The van der Waals surface area contributed by atoms with Gasteiger partial charge < -0.3 is 10.4 Å². The highest BCUT2D eigenvalue weighted by atomic mass is 16.4. The summed E-state index contributed by atoms with van der Waals surface area (Å²) < 4.78 is 0. The molecular weight excluding hydrogens is 270 g/mol. The second kappa shape index (κ2) is 4.56. The number of ketones is 1. The number of hydrogen-bond donors (Lipinski definition) is 2. The van der Waals surface area contributed by atoms with Gasteiger partial charge in [0.15, 0.2) is 5.78 Å². The number of carbonyl (C=O) groups excluding carboxylic acids is 2. The Bertz CT molecular complexity index is 808. The minimum Gasteiger partial charge on any atom is -0.478 e. The molecule has 0 fully saturated rings. The van der Waals surface area contributed by atoms with Crippen molar-refractivity contribution in [2.75, 3.05) is 5.32 Å². The number of nitrogens with one attached hydrogen (secondary N) is 1. The summed E-state index contributed by atoms with van der Waals surface area (Å²) in [5.41, 5.74) is 2.43. The van der Waals surface area contributed by atoms with Gasteiger partial charge in [0.1, 0.15) is 0 Å². The maximum absolute atomic E-state index is 12.4. The highest BCUT2D eigenvalue weighted by Crippen LogP contribution is 2.40. The maximum atomic E-state index is 12.4. The molecule has 104 valence electrons. The third-order valence-corrected chi connectivity index (χ3v) is 3.39. The summed E-state index contributed by atoms with van der Waals surface area (Å²) >= 11 is 0. The molecule has 0 aliphatic heterocycles. The fourth-order valence-electron chi connectivity index (χ4n) is 2.59. The topological polar surface area (TPSA) is 83.5 Å². The zero-order chi connectivity index (χ0) is 15.1. The highest BCUT2D eigenvalue weighted by Gasteiger charge is 2.30. The lowest BCUT2D eigenvalue weighted by Gasteiger charge is -2.06. The Kier molecular flexibility index (Phi) is 2.83. The Morgan fingerprint density at radius 3 is 2.48 bits per heavy atom. The minimum atomic E-state index is -1.07. The number of carboxylic acids is 1. The van der Waals surface area contributed by atoms with Crippen LogP contribution in [-0.2, 0) is 4.79 Å². The second-order valence-electron chi connectivity index (χ2n) is 4.80. The number of benzene rings is 2. The number of fused-ring (bicyclic) bond motifs is 3. The van der Waals surface area contributed by atoms with E-state index in [0.29, 0.717) is 27.9 Å². The lowest BCUT2D eigenvalue weighted by molar-refractivity contribution is -0.114. The molecule has 0 saturated carbocycles. The number of hydrogen-bond acceptors (Lipinski definition) is 3. The van der Waals surface area contributed by atoms with E-state index in [-0.39, 0.29) is 17.3 Å². The first-order valence-corrected chi connectivity index (χ1v) is 6.32. The van der Waals surface area contributed by atoms with Gasteiger partial charge in [0.05, 0.1) is 5.56 Å². The third-order valence-electron chi connectivity index (χ3n) is 3.39. The van der Waals surface area contributed by atoms with Crippen LogP contribution in [0.15, 0.2) is 36.4 Å². The van der Waals surface area contributed by atoms with Crippen molar-refractivity contribution in [1.82, 2.24) is 0 Å². The molecule has 21 heavy (non-hydrogen) atoms.